The molecule has 0 aliphatic heterocycles. The highest BCUT2D eigenvalue weighted by Gasteiger charge is 2.34. The van der Waals surface area contributed by atoms with Gasteiger partial charge >= 0.3 is 17.9 Å². The molecule has 6 nitrogen and oxygen atoms in total. The van der Waals surface area contributed by atoms with E-state index in [0.717, 1.165) is 19.3 Å². The van der Waals surface area contributed by atoms with E-state index in [-0.39, 0.29) is 6.42 Å². The molecule has 0 aliphatic carbocycles. The molecule has 0 saturated carbocycles. The van der Waals surface area contributed by atoms with E-state index in [1.165, 1.54) is 14.2 Å². The molecule has 2 unspecified atom stereocenters. The van der Waals surface area contributed by atoms with Gasteiger partial charge < -0.3 is 14.2 Å². The number of carbonyl (C=O) groups excluding carboxylic acids is 3. The number of hydrogen-bond acceptors (Lipinski definition) is 6. The van der Waals surface area contributed by atoms with Gasteiger partial charge in [-0.05, 0) is 6.42 Å². The first-order valence-electron chi connectivity index (χ1n) is 6.79. The van der Waals surface area contributed by atoms with Crippen molar-refractivity contribution < 1.29 is 28.6 Å². The van der Waals surface area contributed by atoms with Crippen LogP contribution in [0.1, 0.15) is 39.5 Å². The first-order chi connectivity index (χ1) is 9.47. The third-order valence-corrected chi connectivity index (χ3v) is 3.09. The van der Waals surface area contributed by atoms with Gasteiger partial charge in [0.2, 0.25) is 0 Å². The Hall–Kier alpha value is -1.59. The van der Waals surface area contributed by atoms with Gasteiger partial charge in [-0.25, -0.2) is 0 Å². The lowest BCUT2D eigenvalue weighted by atomic mass is 9.91. The van der Waals surface area contributed by atoms with Crippen LogP contribution in [-0.2, 0) is 28.6 Å². The van der Waals surface area contributed by atoms with Crippen LogP contribution in [0.5, 0.6) is 0 Å². The Balaban J connectivity index is 4.52. The number of rotatable bonds is 9. The molecule has 6 heteroatoms. The van der Waals surface area contributed by atoms with Crippen LogP contribution < -0.4 is 0 Å². The zero-order valence-electron chi connectivity index (χ0n) is 12.6. The topological polar surface area (TPSA) is 78.9 Å². The van der Waals surface area contributed by atoms with Gasteiger partial charge in [-0.2, -0.15) is 0 Å². The summed E-state index contributed by atoms with van der Waals surface area (Å²) in [7, 11) is 2.44. The number of hydrogen-bond donors (Lipinski definition) is 0. The molecule has 0 amide bonds. The molecule has 2 atom stereocenters. The maximum Gasteiger partial charge on any atom is 0.310 e. The van der Waals surface area contributed by atoms with Crippen molar-refractivity contribution in [1.82, 2.24) is 0 Å². The smallest absolute Gasteiger partial charge is 0.310 e. The van der Waals surface area contributed by atoms with E-state index in [1.54, 1.807) is 6.92 Å². The van der Waals surface area contributed by atoms with Gasteiger partial charge in [0.05, 0.1) is 39.1 Å². The number of methoxy groups -OCH3 is 2. The largest absolute Gasteiger partial charge is 0.469 e. The summed E-state index contributed by atoms with van der Waals surface area (Å²) in [5, 5.41) is 0. The predicted octanol–water partition coefficient (Wildman–Crippen LogP) is 1.71. The summed E-state index contributed by atoms with van der Waals surface area (Å²) in [6.45, 7) is 3.92. The van der Waals surface area contributed by atoms with E-state index in [2.05, 4.69) is 9.47 Å². The third-order valence-electron chi connectivity index (χ3n) is 3.09. The average Bonchev–Trinajstić information content (AvgIpc) is 2.47. The SMILES string of the molecule is CCCCCOC(=O)C(C)C(CC(=O)OC)C(=O)OC. The maximum absolute atomic E-state index is 11.9. The van der Waals surface area contributed by atoms with Crippen molar-refractivity contribution in [2.75, 3.05) is 20.8 Å². The minimum Gasteiger partial charge on any atom is -0.469 e. The lowest BCUT2D eigenvalue weighted by Gasteiger charge is -2.19. The Morgan fingerprint density at radius 2 is 1.65 bits per heavy atom. The van der Waals surface area contributed by atoms with Crippen LogP contribution in [0.2, 0.25) is 0 Å². The van der Waals surface area contributed by atoms with Crippen LogP contribution >= 0.6 is 0 Å². The van der Waals surface area contributed by atoms with Gasteiger partial charge in [0, 0.05) is 0 Å². The van der Waals surface area contributed by atoms with Crippen molar-refractivity contribution in [3.8, 4) is 0 Å². The minimum absolute atomic E-state index is 0.200. The Morgan fingerprint density at radius 1 is 1.00 bits per heavy atom. The zero-order chi connectivity index (χ0) is 15.5. The highest BCUT2D eigenvalue weighted by Crippen LogP contribution is 2.20. The van der Waals surface area contributed by atoms with E-state index < -0.39 is 29.7 Å². The molecule has 0 radical (unpaired) electrons. The van der Waals surface area contributed by atoms with Crippen LogP contribution in [0.3, 0.4) is 0 Å². The fraction of sp³-hybridized carbons (Fsp3) is 0.786. The van der Waals surface area contributed by atoms with Crippen LogP contribution in [-0.4, -0.2) is 38.7 Å². The Labute approximate surface area is 119 Å². The number of carbonyl (C=O) groups is 3. The molecule has 0 saturated heterocycles. The molecular formula is C14H24O6. The van der Waals surface area contributed by atoms with Crippen molar-refractivity contribution in [1.29, 1.82) is 0 Å². The Morgan fingerprint density at radius 3 is 2.15 bits per heavy atom. The van der Waals surface area contributed by atoms with Gasteiger partial charge in [-0.1, -0.05) is 26.7 Å². The quantitative estimate of drug-likeness (QED) is 0.365. The van der Waals surface area contributed by atoms with E-state index in [4.69, 9.17) is 4.74 Å². The summed E-state index contributed by atoms with van der Waals surface area (Å²) in [6.07, 6.45) is 2.59. The maximum atomic E-state index is 11.9. The predicted molar refractivity (Wildman–Crippen MR) is 71.8 cm³/mol. The summed E-state index contributed by atoms with van der Waals surface area (Å²) >= 11 is 0. The lowest BCUT2D eigenvalue weighted by molar-refractivity contribution is -0.161. The second-order valence-electron chi connectivity index (χ2n) is 4.57. The molecule has 116 valence electrons. The standard InChI is InChI=1S/C14H24O6/c1-5-6-7-8-20-13(16)10(2)11(14(17)19-4)9-12(15)18-3/h10-11H,5-9H2,1-4H3. The van der Waals surface area contributed by atoms with E-state index in [9.17, 15) is 14.4 Å². The molecular weight excluding hydrogens is 264 g/mol. The monoisotopic (exact) mass is 288 g/mol. The molecule has 0 aliphatic rings. The number of ether oxygens (including phenoxy) is 3. The number of esters is 3. The zero-order valence-corrected chi connectivity index (χ0v) is 12.6. The van der Waals surface area contributed by atoms with Crippen LogP contribution in [0.15, 0.2) is 0 Å². The summed E-state index contributed by atoms with van der Waals surface area (Å²) in [5.74, 6) is -3.31. The number of unbranched alkanes of at least 4 members (excludes halogenated alkanes) is 2. The summed E-state index contributed by atoms with van der Waals surface area (Å²) in [6, 6.07) is 0. The van der Waals surface area contributed by atoms with Gasteiger partial charge in [-0.3, -0.25) is 14.4 Å². The lowest BCUT2D eigenvalue weighted by Crippen LogP contribution is -2.32. The molecule has 0 heterocycles. The normalized spacial score (nSPS) is 13.2. The molecule has 0 rings (SSSR count). The van der Waals surface area contributed by atoms with Gasteiger partial charge in [-0.15, -0.1) is 0 Å². The van der Waals surface area contributed by atoms with Crippen molar-refractivity contribution >= 4 is 17.9 Å². The summed E-state index contributed by atoms with van der Waals surface area (Å²) in [5.41, 5.74) is 0. The van der Waals surface area contributed by atoms with Crippen molar-refractivity contribution in [3.05, 3.63) is 0 Å². The van der Waals surface area contributed by atoms with E-state index in [1.807, 2.05) is 6.92 Å². The highest BCUT2D eigenvalue weighted by molar-refractivity contribution is 5.85. The average molecular weight is 288 g/mol. The molecule has 0 N–H and O–H groups in total. The molecule has 0 aromatic heterocycles. The third kappa shape index (κ3) is 6.54. The van der Waals surface area contributed by atoms with Crippen molar-refractivity contribution in [2.24, 2.45) is 11.8 Å². The van der Waals surface area contributed by atoms with Crippen LogP contribution in [0, 0.1) is 11.8 Å². The first-order valence-corrected chi connectivity index (χ1v) is 6.79. The van der Waals surface area contributed by atoms with Crippen molar-refractivity contribution in [3.63, 3.8) is 0 Å². The highest BCUT2D eigenvalue weighted by atomic mass is 16.5. The van der Waals surface area contributed by atoms with Crippen LogP contribution in [0.4, 0.5) is 0 Å². The Bertz CT molecular complexity index is 326. The fourth-order valence-electron chi connectivity index (χ4n) is 1.70. The molecule has 0 spiro atoms. The fourth-order valence-corrected chi connectivity index (χ4v) is 1.70. The molecule has 0 aromatic rings. The molecule has 20 heavy (non-hydrogen) atoms. The van der Waals surface area contributed by atoms with Gasteiger partial charge in [0.15, 0.2) is 0 Å². The minimum atomic E-state index is -0.883. The van der Waals surface area contributed by atoms with E-state index >= 15 is 0 Å². The van der Waals surface area contributed by atoms with Gasteiger partial charge in [0.25, 0.3) is 0 Å². The second-order valence-corrected chi connectivity index (χ2v) is 4.57. The molecule has 0 fully saturated rings. The summed E-state index contributed by atoms with van der Waals surface area (Å²) < 4.78 is 14.2. The first kappa shape index (κ1) is 18.4. The molecule has 0 aromatic carbocycles. The van der Waals surface area contributed by atoms with Gasteiger partial charge in [0.1, 0.15) is 0 Å². The summed E-state index contributed by atoms with van der Waals surface area (Å²) in [4.78, 5) is 34.8. The van der Waals surface area contributed by atoms with Crippen molar-refractivity contribution in [2.45, 2.75) is 39.5 Å². The van der Waals surface area contributed by atoms with E-state index in [0.29, 0.717) is 6.61 Å². The Kier molecular flexibility index (Phi) is 9.41. The van der Waals surface area contributed by atoms with Crippen LogP contribution in [0.25, 0.3) is 0 Å². The molecule has 0 bridgehead atoms. The second kappa shape index (κ2) is 10.2.